The first kappa shape index (κ1) is 23.3. The molecule has 10 heteroatoms. The van der Waals surface area contributed by atoms with Crippen LogP contribution in [0.15, 0.2) is 63.9 Å². The molecule has 0 atom stereocenters. The van der Waals surface area contributed by atoms with E-state index in [1.54, 1.807) is 30.3 Å². The van der Waals surface area contributed by atoms with E-state index >= 15 is 0 Å². The second-order valence-corrected chi connectivity index (χ2v) is 8.77. The van der Waals surface area contributed by atoms with E-state index in [4.69, 9.17) is 16.0 Å². The lowest BCUT2D eigenvalue weighted by molar-refractivity contribution is -0.255. The van der Waals surface area contributed by atoms with Crippen LogP contribution in [0.25, 0.3) is 17.4 Å². The quantitative estimate of drug-likeness (QED) is 0.514. The van der Waals surface area contributed by atoms with Crippen LogP contribution in [0.5, 0.6) is 0 Å². The highest BCUT2D eigenvalue weighted by Gasteiger charge is 2.36. The van der Waals surface area contributed by atoms with Gasteiger partial charge in [-0.05, 0) is 66.2 Å². The molecule has 0 radical (unpaired) electrons. The maximum Gasteiger partial charge on any atom is 0.294 e. The van der Waals surface area contributed by atoms with Crippen molar-refractivity contribution >= 4 is 58.1 Å². The van der Waals surface area contributed by atoms with E-state index in [2.05, 4.69) is 5.32 Å². The Morgan fingerprint density at radius 1 is 1.15 bits per heavy atom. The van der Waals surface area contributed by atoms with E-state index < -0.39 is 29.6 Å². The summed E-state index contributed by atoms with van der Waals surface area (Å²) in [5, 5.41) is 13.5. The van der Waals surface area contributed by atoms with Crippen molar-refractivity contribution in [1.29, 1.82) is 0 Å². The fraction of sp³-hybridized carbons (Fsp3) is 0.0833. The molecule has 34 heavy (non-hydrogen) atoms. The molecule has 0 saturated carbocycles. The molecule has 1 aliphatic rings. The predicted octanol–water partition coefficient (Wildman–Crippen LogP) is 3.95. The number of halogens is 1. The zero-order chi connectivity index (χ0) is 24.4. The SMILES string of the molecule is Cc1cccc(NC(=O)CN2C(=O)S/C(=C\c3ccc(-c4cc(C(=O)[O-])ccc4Cl)o3)C2=O)c1. The Kier molecular flexibility index (Phi) is 6.58. The highest BCUT2D eigenvalue weighted by atomic mass is 35.5. The average molecular weight is 496 g/mol. The number of aromatic carboxylic acids is 1. The van der Waals surface area contributed by atoms with Gasteiger partial charge in [-0.15, -0.1) is 0 Å². The Hall–Kier alpha value is -3.82. The van der Waals surface area contributed by atoms with Crippen molar-refractivity contribution in [2.24, 2.45) is 0 Å². The molecule has 1 N–H and O–H groups in total. The summed E-state index contributed by atoms with van der Waals surface area (Å²) < 4.78 is 5.69. The number of anilines is 1. The van der Waals surface area contributed by atoms with E-state index in [0.717, 1.165) is 10.5 Å². The molecule has 3 aromatic rings. The second kappa shape index (κ2) is 9.58. The van der Waals surface area contributed by atoms with Crippen LogP contribution >= 0.6 is 23.4 Å². The number of carbonyl (C=O) groups is 4. The Labute approximate surface area is 203 Å². The lowest BCUT2D eigenvalue weighted by atomic mass is 10.1. The minimum absolute atomic E-state index is 0.0672. The molecule has 4 rings (SSSR count). The average Bonchev–Trinajstić information content (AvgIpc) is 3.34. The lowest BCUT2D eigenvalue weighted by Gasteiger charge is -2.12. The van der Waals surface area contributed by atoms with Crippen molar-refractivity contribution in [3.05, 3.63) is 81.4 Å². The lowest BCUT2D eigenvalue weighted by Crippen LogP contribution is -2.36. The maximum absolute atomic E-state index is 12.7. The molecule has 1 aromatic heterocycles. The molecular weight excluding hydrogens is 480 g/mol. The van der Waals surface area contributed by atoms with Gasteiger partial charge in [0.2, 0.25) is 5.91 Å². The third-order valence-electron chi connectivity index (χ3n) is 4.84. The van der Waals surface area contributed by atoms with E-state index in [1.165, 1.54) is 24.3 Å². The van der Waals surface area contributed by atoms with Crippen LogP contribution in [-0.4, -0.2) is 34.5 Å². The number of carboxylic acid groups (broad SMARTS) is 1. The number of benzene rings is 2. The smallest absolute Gasteiger partial charge is 0.294 e. The Balaban J connectivity index is 1.49. The first-order valence-electron chi connectivity index (χ1n) is 9.94. The topological polar surface area (TPSA) is 120 Å². The van der Waals surface area contributed by atoms with Crippen LogP contribution in [0.2, 0.25) is 5.02 Å². The van der Waals surface area contributed by atoms with Crippen LogP contribution in [0.4, 0.5) is 10.5 Å². The normalized spacial score (nSPS) is 14.6. The van der Waals surface area contributed by atoms with E-state index in [-0.39, 0.29) is 27.0 Å². The Morgan fingerprint density at radius 3 is 2.68 bits per heavy atom. The number of hydrogen-bond donors (Lipinski definition) is 1. The highest BCUT2D eigenvalue weighted by Crippen LogP contribution is 2.35. The first-order valence-corrected chi connectivity index (χ1v) is 11.1. The molecular formula is C24H16ClN2O6S-. The Bertz CT molecular complexity index is 1360. The predicted molar refractivity (Wildman–Crippen MR) is 126 cm³/mol. The van der Waals surface area contributed by atoms with Crippen LogP contribution in [-0.2, 0) is 9.59 Å². The molecule has 1 aliphatic heterocycles. The van der Waals surface area contributed by atoms with Crippen molar-refractivity contribution in [3.63, 3.8) is 0 Å². The van der Waals surface area contributed by atoms with Gasteiger partial charge < -0.3 is 19.6 Å². The van der Waals surface area contributed by atoms with Gasteiger partial charge in [-0.25, -0.2) is 0 Å². The number of aryl methyl sites for hydroxylation is 1. The maximum atomic E-state index is 12.7. The summed E-state index contributed by atoms with van der Waals surface area (Å²) >= 11 is 6.84. The monoisotopic (exact) mass is 495 g/mol. The number of thioether (sulfide) groups is 1. The number of carboxylic acids is 1. The van der Waals surface area contributed by atoms with E-state index in [9.17, 15) is 24.3 Å². The molecule has 0 unspecified atom stereocenters. The van der Waals surface area contributed by atoms with Crippen LogP contribution < -0.4 is 10.4 Å². The van der Waals surface area contributed by atoms with Crippen molar-refractivity contribution in [2.45, 2.75) is 6.92 Å². The third kappa shape index (κ3) is 5.05. The summed E-state index contributed by atoms with van der Waals surface area (Å²) in [7, 11) is 0. The number of carbonyl (C=O) groups excluding carboxylic acids is 4. The molecule has 2 aromatic carbocycles. The van der Waals surface area contributed by atoms with Crippen LogP contribution in [0.1, 0.15) is 21.7 Å². The molecule has 0 bridgehead atoms. The number of imide groups is 1. The molecule has 8 nitrogen and oxygen atoms in total. The number of amides is 3. The van der Waals surface area contributed by atoms with Crippen molar-refractivity contribution in [1.82, 2.24) is 4.90 Å². The molecule has 3 amide bonds. The van der Waals surface area contributed by atoms with Gasteiger partial charge in [0.1, 0.15) is 18.1 Å². The fourth-order valence-corrected chi connectivity index (χ4v) is 4.28. The number of nitrogens with one attached hydrogen (secondary N) is 1. The molecule has 1 saturated heterocycles. The molecule has 0 spiro atoms. The number of furan rings is 1. The fourth-order valence-electron chi connectivity index (χ4n) is 3.25. The van der Waals surface area contributed by atoms with Gasteiger partial charge in [-0.1, -0.05) is 29.8 Å². The van der Waals surface area contributed by atoms with Gasteiger partial charge in [0, 0.05) is 17.3 Å². The second-order valence-electron chi connectivity index (χ2n) is 7.37. The van der Waals surface area contributed by atoms with E-state index in [0.29, 0.717) is 23.0 Å². The summed E-state index contributed by atoms with van der Waals surface area (Å²) in [4.78, 5) is 49.5. The number of rotatable bonds is 6. The van der Waals surface area contributed by atoms with Crippen LogP contribution in [0, 0.1) is 6.92 Å². The summed E-state index contributed by atoms with van der Waals surface area (Å²) in [5.74, 6) is -1.96. The van der Waals surface area contributed by atoms with Gasteiger partial charge in [-0.3, -0.25) is 19.3 Å². The number of nitrogens with zero attached hydrogens (tertiary/aromatic N) is 1. The Morgan fingerprint density at radius 2 is 1.94 bits per heavy atom. The minimum Gasteiger partial charge on any atom is -0.545 e. The van der Waals surface area contributed by atoms with Crippen molar-refractivity contribution in [2.75, 3.05) is 11.9 Å². The number of hydrogen-bond acceptors (Lipinski definition) is 7. The zero-order valence-corrected chi connectivity index (χ0v) is 19.2. The van der Waals surface area contributed by atoms with E-state index in [1.807, 2.05) is 13.0 Å². The summed E-state index contributed by atoms with van der Waals surface area (Å²) in [6.45, 7) is 1.45. The van der Waals surface area contributed by atoms with Gasteiger partial charge in [0.15, 0.2) is 0 Å². The van der Waals surface area contributed by atoms with Gasteiger partial charge in [0.05, 0.1) is 15.9 Å². The largest absolute Gasteiger partial charge is 0.545 e. The molecule has 172 valence electrons. The highest BCUT2D eigenvalue weighted by molar-refractivity contribution is 8.18. The van der Waals surface area contributed by atoms with Gasteiger partial charge >= 0.3 is 0 Å². The summed E-state index contributed by atoms with van der Waals surface area (Å²) in [6.07, 6.45) is 1.38. The van der Waals surface area contributed by atoms with Gasteiger partial charge in [0.25, 0.3) is 11.1 Å². The zero-order valence-electron chi connectivity index (χ0n) is 17.7. The standard InChI is InChI=1S/C24H17ClN2O6S/c1-13-3-2-4-15(9-13)26-21(28)12-27-22(29)20(34-24(27)32)11-16-6-8-19(33-16)17-10-14(23(30)31)5-7-18(17)25/h2-11H,12H2,1H3,(H,26,28)(H,30,31)/p-1/b20-11-. The summed E-state index contributed by atoms with van der Waals surface area (Å²) in [5.41, 5.74) is 1.79. The van der Waals surface area contributed by atoms with Crippen LogP contribution in [0.3, 0.4) is 0 Å². The van der Waals surface area contributed by atoms with Crippen molar-refractivity contribution in [3.8, 4) is 11.3 Å². The molecule has 2 heterocycles. The summed E-state index contributed by atoms with van der Waals surface area (Å²) in [6, 6.07) is 14.3. The van der Waals surface area contributed by atoms with Crippen molar-refractivity contribution < 1.29 is 28.7 Å². The minimum atomic E-state index is -1.36. The molecule has 0 aliphatic carbocycles. The first-order chi connectivity index (χ1) is 16.2. The van der Waals surface area contributed by atoms with Gasteiger partial charge in [-0.2, -0.15) is 0 Å². The molecule has 1 fully saturated rings. The third-order valence-corrected chi connectivity index (χ3v) is 6.08.